The van der Waals surface area contributed by atoms with Crippen molar-refractivity contribution in [3.8, 4) is 11.8 Å². The molecule has 2 aliphatic heterocycles. The Hall–Kier alpha value is -2.18. The van der Waals surface area contributed by atoms with Crippen LogP contribution in [0.25, 0.3) is 0 Å². The van der Waals surface area contributed by atoms with Gasteiger partial charge in [0.1, 0.15) is 30.7 Å². The molecule has 0 saturated carbocycles. The van der Waals surface area contributed by atoms with Crippen LogP contribution in [0, 0.1) is 5.82 Å². The average Bonchev–Trinajstić information content (AvgIpc) is 3.05. The number of hydrogen-bond acceptors (Lipinski definition) is 7. The average molecular weight is 500 g/mol. The number of alkyl halides is 3. The second kappa shape index (κ2) is 8.64. The van der Waals surface area contributed by atoms with Gasteiger partial charge in [0.15, 0.2) is 0 Å². The van der Waals surface area contributed by atoms with Gasteiger partial charge in [-0.05, 0) is 24.3 Å². The van der Waals surface area contributed by atoms with Crippen LogP contribution >= 0.6 is 19.3 Å². The fraction of sp³-hybridized carbons (Fsp3) is 0.412. The van der Waals surface area contributed by atoms with Gasteiger partial charge in [0.05, 0.1) is 12.8 Å². The third-order valence-electron chi connectivity index (χ3n) is 4.54. The molecule has 1 saturated heterocycles. The number of hydrogen-bond donors (Lipinski definition) is 1. The van der Waals surface area contributed by atoms with Crippen LogP contribution < -0.4 is 19.9 Å². The quantitative estimate of drug-likeness (QED) is 0.457. The highest BCUT2D eigenvalue weighted by atomic mass is 35.5. The highest BCUT2D eigenvalue weighted by Gasteiger charge is 2.45. The third kappa shape index (κ3) is 5.24. The molecular formula is C17H15ClF4N3O6P. The zero-order valence-electron chi connectivity index (χ0n) is 15.9. The summed E-state index contributed by atoms with van der Waals surface area (Å²) in [6.07, 6.45) is -5.95. The first-order chi connectivity index (χ1) is 15.0. The van der Waals surface area contributed by atoms with E-state index in [0.717, 1.165) is 6.20 Å². The van der Waals surface area contributed by atoms with Crippen LogP contribution in [0.1, 0.15) is 12.6 Å². The van der Waals surface area contributed by atoms with Gasteiger partial charge in [-0.3, -0.25) is 13.9 Å². The van der Waals surface area contributed by atoms with E-state index in [1.807, 2.05) is 0 Å². The van der Waals surface area contributed by atoms with E-state index < -0.39 is 56.9 Å². The maximum atomic E-state index is 13.6. The molecule has 0 aliphatic carbocycles. The van der Waals surface area contributed by atoms with E-state index in [9.17, 15) is 26.9 Å². The van der Waals surface area contributed by atoms with E-state index in [-0.39, 0.29) is 18.2 Å². The molecule has 174 valence electrons. The summed E-state index contributed by atoms with van der Waals surface area (Å²) in [6, 6.07) is 5.24. The minimum Gasteiger partial charge on any atom is -0.458 e. The van der Waals surface area contributed by atoms with Crippen molar-refractivity contribution in [2.24, 2.45) is 0 Å². The number of ether oxygens (including phenoxy) is 2. The lowest BCUT2D eigenvalue weighted by molar-refractivity contribution is -0.122. The molecular weight excluding hydrogens is 485 g/mol. The highest BCUT2D eigenvalue weighted by molar-refractivity contribution is 7.52. The van der Waals surface area contributed by atoms with E-state index in [1.54, 1.807) is 5.09 Å². The van der Waals surface area contributed by atoms with Crippen molar-refractivity contribution in [2.75, 3.05) is 13.2 Å². The molecule has 0 spiro atoms. The summed E-state index contributed by atoms with van der Waals surface area (Å²) < 4.78 is 87.4. The maximum Gasteiger partial charge on any atom is 0.459 e. The first kappa shape index (κ1) is 23.0. The molecule has 2 aliphatic rings. The molecule has 1 aromatic heterocycles. The number of fused-ring (bicyclic) bond motifs is 4. The monoisotopic (exact) mass is 499 g/mol. The summed E-state index contributed by atoms with van der Waals surface area (Å²) in [6.45, 7) is -2.12. The molecule has 4 rings (SSSR count). The summed E-state index contributed by atoms with van der Waals surface area (Å²) in [5, 5.41) is 2.10. The van der Waals surface area contributed by atoms with Crippen molar-refractivity contribution < 1.29 is 40.6 Å². The lowest BCUT2D eigenvalue weighted by atomic mass is 10.2. The van der Waals surface area contributed by atoms with Crippen LogP contribution in [-0.2, 0) is 13.8 Å². The molecule has 3 heterocycles. The Morgan fingerprint density at radius 3 is 2.72 bits per heavy atom. The van der Waals surface area contributed by atoms with E-state index in [2.05, 4.69) is 4.98 Å². The van der Waals surface area contributed by atoms with Crippen LogP contribution in [0.5, 0.6) is 11.8 Å². The van der Waals surface area contributed by atoms with Crippen LogP contribution in [0.2, 0.25) is 5.02 Å². The lowest BCUT2D eigenvalue weighted by Gasteiger charge is -2.24. The van der Waals surface area contributed by atoms with Crippen molar-refractivity contribution in [2.45, 2.75) is 31.0 Å². The lowest BCUT2D eigenvalue weighted by Crippen LogP contribution is -2.35. The largest absolute Gasteiger partial charge is 0.459 e. The SMILES string of the molecule is O=c1nc2n(cc1F)C1CC(O2)C(COP(=O)(NCC(F)(F)F)Oc2ccc(Cl)cc2)O1. The Bertz CT molecular complexity index is 1100. The molecule has 9 nitrogen and oxygen atoms in total. The molecule has 0 amide bonds. The topological polar surface area (TPSA) is 101 Å². The van der Waals surface area contributed by atoms with Gasteiger partial charge in [0.2, 0.25) is 5.82 Å². The normalized spacial score (nSPS) is 23.8. The molecule has 2 bridgehead atoms. The fourth-order valence-electron chi connectivity index (χ4n) is 3.10. The zero-order chi connectivity index (χ0) is 23.1. The van der Waals surface area contributed by atoms with Gasteiger partial charge < -0.3 is 14.0 Å². The predicted octanol–water partition coefficient (Wildman–Crippen LogP) is 3.44. The van der Waals surface area contributed by atoms with Gasteiger partial charge in [0, 0.05) is 11.4 Å². The van der Waals surface area contributed by atoms with Crippen molar-refractivity contribution in [3.05, 3.63) is 51.7 Å². The van der Waals surface area contributed by atoms with E-state index in [1.165, 1.54) is 28.8 Å². The standard InChI is InChI=1S/C17H15ClF4N3O6P/c18-9-1-3-10(4-2-9)31-32(27,23-8-17(20,21)22)28-7-13-12-5-14(29-13)25-6-11(19)15(26)24-16(25)30-12/h1-4,6,12-14H,5,7-8H2,(H,23,27). The van der Waals surface area contributed by atoms with E-state index >= 15 is 0 Å². The molecule has 0 radical (unpaired) electrons. The molecule has 1 aromatic carbocycles. The summed E-state index contributed by atoms with van der Waals surface area (Å²) in [4.78, 5) is 14.9. The first-order valence-corrected chi connectivity index (χ1v) is 11.1. The van der Waals surface area contributed by atoms with Crippen molar-refractivity contribution in [1.29, 1.82) is 0 Å². The fourth-order valence-corrected chi connectivity index (χ4v) is 4.55. The minimum atomic E-state index is -4.68. The van der Waals surface area contributed by atoms with Crippen LogP contribution in [0.15, 0.2) is 35.3 Å². The minimum absolute atomic E-state index is 0.0413. The molecule has 4 unspecified atom stereocenters. The van der Waals surface area contributed by atoms with Gasteiger partial charge in [0.25, 0.3) is 0 Å². The number of rotatable bonds is 7. The number of halogens is 5. The molecule has 4 atom stereocenters. The maximum absolute atomic E-state index is 13.6. The molecule has 1 N–H and O–H groups in total. The van der Waals surface area contributed by atoms with Gasteiger partial charge in [-0.25, -0.2) is 9.65 Å². The summed E-state index contributed by atoms with van der Waals surface area (Å²) in [5.41, 5.74) is -1.11. The van der Waals surface area contributed by atoms with Crippen LogP contribution in [0.3, 0.4) is 0 Å². The second-order valence-corrected chi connectivity index (χ2v) is 9.08. The Labute approximate surface area is 182 Å². The Kier molecular flexibility index (Phi) is 6.21. The molecule has 15 heteroatoms. The van der Waals surface area contributed by atoms with E-state index in [4.69, 9.17) is 30.1 Å². The van der Waals surface area contributed by atoms with Crippen molar-refractivity contribution in [3.63, 3.8) is 0 Å². The Balaban J connectivity index is 1.46. The predicted molar refractivity (Wildman–Crippen MR) is 101 cm³/mol. The second-order valence-electron chi connectivity index (χ2n) is 6.89. The van der Waals surface area contributed by atoms with Gasteiger partial charge in [-0.2, -0.15) is 22.5 Å². The van der Waals surface area contributed by atoms with Crippen molar-refractivity contribution in [1.82, 2.24) is 14.6 Å². The van der Waals surface area contributed by atoms with Gasteiger partial charge in [-0.1, -0.05) is 11.6 Å². The molecule has 1 fully saturated rings. The van der Waals surface area contributed by atoms with Crippen LogP contribution in [0.4, 0.5) is 17.6 Å². The highest BCUT2D eigenvalue weighted by Crippen LogP contribution is 2.47. The number of nitrogens with one attached hydrogen (secondary N) is 1. The van der Waals surface area contributed by atoms with Gasteiger partial charge in [-0.15, -0.1) is 0 Å². The van der Waals surface area contributed by atoms with Crippen molar-refractivity contribution >= 4 is 19.3 Å². The first-order valence-electron chi connectivity index (χ1n) is 9.14. The summed E-state index contributed by atoms with van der Waals surface area (Å²) >= 11 is 5.76. The number of aromatic nitrogens is 2. The number of benzene rings is 1. The van der Waals surface area contributed by atoms with E-state index in [0.29, 0.717) is 5.02 Å². The third-order valence-corrected chi connectivity index (χ3v) is 6.28. The van der Waals surface area contributed by atoms with Gasteiger partial charge >= 0.3 is 25.5 Å². The summed E-state index contributed by atoms with van der Waals surface area (Å²) in [5.74, 6) is -1.14. The Morgan fingerprint density at radius 2 is 2.03 bits per heavy atom. The number of nitrogens with zero attached hydrogens (tertiary/aromatic N) is 2. The zero-order valence-corrected chi connectivity index (χ0v) is 17.6. The Morgan fingerprint density at radius 1 is 1.31 bits per heavy atom. The summed E-state index contributed by atoms with van der Waals surface area (Å²) in [7, 11) is -4.51. The van der Waals surface area contributed by atoms with Crippen LogP contribution in [-0.4, -0.2) is 41.1 Å². The smallest absolute Gasteiger partial charge is 0.458 e. The molecule has 32 heavy (non-hydrogen) atoms. The molecule has 2 aromatic rings.